The third-order valence-electron chi connectivity index (χ3n) is 4.13. The average molecular weight is 381 g/mol. The first-order chi connectivity index (χ1) is 11.9. The average Bonchev–Trinajstić information content (AvgIpc) is 2.60. The summed E-state index contributed by atoms with van der Waals surface area (Å²) in [4.78, 5) is 12.0. The first kappa shape index (κ1) is 21.9. The number of amides is 1. The van der Waals surface area contributed by atoms with Crippen LogP contribution in [0.4, 0.5) is 4.39 Å². The largest absolute Gasteiger partial charge is 0.494 e. The number of carbonyl (C=O) groups is 1. The Bertz CT molecular complexity index is 720. The molecule has 3 N–H and O–H groups in total. The minimum atomic E-state index is -0.477. The van der Waals surface area contributed by atoms with Crippen LogP contribution in [0, 0.1) is 5.82 Å². The molecule has 1 unspecified atom stereocenters. The molecule has 0 saturated carbocycles. The van der Waals surface area contributed by atoms with Gasteiger partial charge in [-0.1, -0.05) is 44.2 Å². The minimum absolute atomic E-state index is 0. The predicted molar refractivity (Wildman–Crippen MR) is 104 cm³/mol. The Morgan fingerprint density at radius 2 is 1.77 bits per heavy atom. The summed E-state index contributed by atoms with van der Waals surface area (Å²) < 4.78 is 18.5. The maximum atomic E-state index is 13.6. The summed E-state index contributed by atoms with van der Waals surface area (Å²) in [6, 6.07) is 12.3. The lowest BCUT2D eigenvalue weighted by Gasteiger charge is -2.15. The number of nitrogens with one attached hydrogen (secondary N) is 1. The molecule has 26 heavy (non-hydrogen) atoms. The van der Waals surface area contributed by atoms with E-state index in [4.69, 9.17) is 10.5 Å². The smallest absolute Gasteiger partial charge is 0.224 e. The molecule has 2 aromatic carbocycles. The Morgan fingerprint density at radius 1 is 1.15 bits per heavy atom. The molecule has 0 saturated heterocycles. The van der Waals surface area contributed by atoms with Crippen LogP contribution in [0.25, 0.3) is 0 Å². The highest BCUT2D eigenvalue weighted by Crippen LogP contribution is 2.19. The van der Waals surface area contributed by atoms with Crippen molar-refractivity contribution in [3.8, 4) is 5.75 Å². The lowest BCUT2D eigenvalue weighted by Crippen LogP contribution is -2.32. The van der Waals surface area contributed by atoms with Crippen molar-refractivity contribution < 1.29 is 13.9 Å². The molecule has 0 aliphatic heterocycles. The molecule has 1 amide bonds. The van der Waals surface area contributed by atoms with Crippen LogP contribution in [-0.4, -0.2) is 19.6 Å². The second kappa shape index (κ2) is 10.1. The van der Waals surface area contributed by atoms with Gasteiger partial charge in [-0.3, -0.25) is 4.79 Å². The number of nitrogens with two attached hydrogens (primary N) is 1. The van der Waals surface area contributed by atoms with Gasteiger partial charge in [0.15, 0.2) is 11.6 Å². The van der Waals surface area contributed by atoms with E-state index in [1.54, 1.807) is 6.07 Å². The van der Waals surface area contributed by atoms with Crippen LogP contribution in [0.1, 0.15) is 42.5 Å². The van der Waals surface area contributed by atoms with Gasteiger partial charge >= 0.3 is 0 Å². The van der Waals surface area contributed by atoms with Crippen LogP contribution in [-0.2, 0) is 11.2 Å². The zero-order chi connectivity index (χ0) is 18.4. The Balaban J connectivity index is 0.00000338. The summed E-state index contributed by atoms with van der Waals surface area (Å²) in [6.07, 6.45) is 0.0971. The third kappa shape index (κ3) is 6.00. The maximum absolute atomic E-state index is 13.6. The normalized spacial score (nSPS) is 11.6. The molecule has 0 radical (unpaired) electrons. The van der Waals surface area contributed by atoms with Crippen molar-refractivity contribution >= 4 is 18.3 Å². The summed E-state index contributed by atoms with van der Waals surface area (Å²) in [5.41, 5.74) is 8.95. The van der Waals surface area contributed by atoms with Crippen LogP contribution < -0.4 is 15.8 Å². The molecular formula is C20H26ClFN2O2. The van der Waals surface area contributed by atoms with Gasteiger partial charge in [0.1, 0.15) is 0 Å². The van der Waals surface area contributed by atoms with Gasteiger partial charge in [-0.15, -0.1) is 12.4 Å². The Morgan fingerprint density at radius 3 is 2.31 bits per heavy atom. The second-order valence-corrected chi connectivity index (χ2v) is 6.38. The van der Waals surface area contributed by atoms with Crippen LogP contribution >= 0.6 is 12.4 Å². The standard InChI is InChI=1S/C20H25FN2O2.ClH/c1-13(2)15-5-7-16(8-6-15)18(22)12-23-20(24)11-14-4-9-19(25-3)17(21)10-14;/h4-10,13,18H,11-12,22H2,1-3H3,(H,23,24);1H. The van der Waals surface area contributed by atoms with E-state index in [0.717, 1.165) is 5.56 Å². The number of ether oxygens (including phenoxy) is 1. The molecule has 0 fully saturated rings. The van der Waals surface area contributed by atoms with Gasteiger partial charge in [0.2, 0.25) is 5.91 Å². The first-order valence-corrected chi connectivity index (χ1v) is 8.35. The van der Waals surface area contributed by atoms with Gasteiger partial charge in [-0.2, -0.15) is 0 Å². The lowest BCUT2D eigenvalue weighted by molar-refractivity contribution is -0.120. The highest BCUT2D eigenvalue weighted by atomic mass is 35.5. The van der Waals surface area contributed by atoms with E-state index < -0.39 is 5.82 Å². The monoisotopic (exact) mass is 380 g/mol. The molecule has 0 heterocycles. The summed E-state index contributed by atoms with van der Waals surface area (Å²) >= 11 is 0. The van der Waals surface area contributed by atoms with Crippen LogP contribution in [0.3, 0.4) is 0 Å². The molecule has 2 rings (SSSR count). The number of methoxy groups -OCH3 is 1. The Kier molecular flexibility index (Phi) is 8.55. The fourth-order valence-electron chi connectivity index (χ4n) is 2.54. The maximum Gasteiger partial charge on any atom is 0.224 e. The van der Waals surface area contributed by atoms with Gasteiger partial charge in [-0.05, 0) is 34.7 Å². The van der Waals surface area contributed by atoms with Crippen molar-refractivity contribution in [3.05, 3.63) is 65.0 Å². The van der Waals surface area contributed by atoms with Crippen molar-refractivity contribution in [1.29, 1.82) is 0 Å². The molecule has 0 spiro atoms. The molecule has 6 heteroatoms. The summed E-state index contributed by atoms with van der Waals surface area (Å²) in [5, 5.41) is 2.80. The van der Waals surface area contributed by atoms with Crippen molar-refractivity contribution in [1.82, 2.24) is 5.32 Å². The number of hydrogen-bond donors (Lipinski definition) is 2. The SMILES string of the molecule is COc1ccc(CC(=O)NCC(N)c2ccc(C(C)C)cc2)cc1F.Cl. The number of carbonyl (C=O) groups excluding carboxylic acids is 1. The van der Waals surface area contributed by atoms with Crippen molar-refractivity contribution in [2.45, 2.75) is 32.2 Å². The highest BCUT2D eigenvalue weighted by Gasteiger charge is 2.11. The molecule has 142 valence electrons. The van der Waals surface area contributed by atoms with E-state index in [1.165, 1.54) is 24.8 Å². The van der Waals surface area contributed by atoms with Gasteiger partial charge < -0.3 is 15.8 Å². The molecule has 4 nitrogen and oxygen atoms in total. The fraction of sp³-hybridized carbons (Fsp3) is 0.350. The molecule has 0 bridgehead atoms. The Hall–Kier alpha value is -2.11. The minimum Gasteiger partial charge on any atom is -0.494 e. The molecule has 2 aromatic rings. The van der Waals surface area contributed by atoms with E-state index in [0.29, 0.717) is 18.0 Å². The van der Waals surface area contributed by atoms with Gasteiger partial charge in [0, 0.05) is 12.6 Å². The highest BCUT2D eigenvalue weighted by molar-refractivity contribution is 5.85. The number of rotatable bonds is 7. The van der Waals surface area contributed by atoms with Crippen LogP contribution in [0.2, 0.25) is 0 Å². The van der Waals surface area contributed by atoms with Crippen molar-refractivity contribution in [2.24, 2.45) is 5.73 Å². The summed E-state index contributed by atoms with van der Waals surface area (Å²) in [6.45, 7) is 4.60. The van der Waals surface area contributed by atoms with E-state index in [1.807, 2.05) is 12.1 Å². The second-order valence-electron chi connectivity index (χ2n) is 6.38. The zero-order valence-electron chi connectivity index (χ0n) is 15.3. The van der Waals surface area contributed by atoms with Crippen molar-refractivity contribution in [2.75, 3.05) is 13.7 Å². The number of halogens is 2. The summed E-state index contributed by atoms with van der Waals surface area (Å²) in [7, 11) is 1.40. The van der Waals surface area contributed by atoms with E-state index in [2.05, 4.69) is 31.3 Å². The van der Waals surface area contributed by atoms with Gasteiger partial charge in [-0.25, -0.2) is 4.39 Å². The predicted octanol–water partition coefficient (Wildman–Crippen LogP) is 3.74. The van der Waals surface area contributed by atoms with Crippen LogP contribution in [0.15, 0.2) is 42.5 Å². The van der Waals surface area contributed by atoms with E-state index >= 15 is 0 Å². The number of benzene rings is 2. The Labute approximate surface area is 160 Å². The quantitative estimate of drug-likeness (QED) is 0.769. The fourth-order valence-corrected chi connectivity index (χ4v) is 2.54. The van der Waals surface area contributed by atoms with Crippen LogP contribution in [0.5, 0.6) is 5.75 Å². The van der Waals surface area contributed by atoms with E-state index in [-0.39, 0.29) is 36.5 Å². The molecule has 0 aliphatic rings. The first-order valence-electron chi connectivity index (χ1n) is 8.35. The summed E-state index contributed by atoms with van der Waals surface area (Å²) in [5.74, 6) is -0.0422. The number of hydrogen-bond acceptors (Lipinski definition) is 3. The van der Waals surface area contributed by atoms with Crippen molar-refractivity contribution in [3.63, 3.8) is 0 Å². The van der Waals surface area contributed by atoms with E-state index in [9.17, 15) is 9.18 Å². The van der Waals surface area contributed by atoms with Gasteiger partial charge in [0.25, 0.3) is 0 Å². The molecule has 1 atom stereocenters. The topological polar surface area (TPSA) is 64.3 Å². The van der Waals surface area contributed by atoms with Gasteiger partial charge in [0.05, 0.1) is 13.5 Å². The third-order valence-corrected chi connectivity index (χ3v) is 4.13. The molecule has 0 aromatic heterocycles. The molecule has 0 aliphatic carbocycles. The molecular weight excluding hydrogens is 355 g/mol. The lowest BCUT2D eigenvalue weighted by atomic mass is 9.99. The zero-order valence-corrected chi connectivity index (χ0v) is 16.1.